The second kappa shape index (κ2) is 11.2. The maximum absolute atomic E-state index is 13.5. The fraction of sp³-hybridized carbons (Fsp3) is 0.286. The van der Waals surface area contributed by atoms with Crippen LogP contribution < -0.4 is 0 Å². The van der Waals surface area contributed by atoms with E-state index in [0.29, 0.717) is 22.3 Å². The molecule has 2 nitrogen and oxygen atoms in total. The molecule has 0 amide bonds. The van der Waals surface area contributed by atoms with Crippen molar-refractivity contribution in [2.75, 3.05) is 0 Å². The second-order valence-corrected chi connectivity index (χ2v) is 6.61. The Morgan fingerprint density at radius 2 is 1.23 bits per heavy atom. The molecule has 0 bridgehead atoms. The molecule has 0 atom stereocenters. The van der Waals surface area contributed by atoms with Crippen LogP contribution in [0.2, 0.25) is 0 Å². The monoisotopic (exact) mass is 550 g/mol. The summed E-state index contributed by atoms with van der Waals surface area (Å²) < 4.78 is 81.2. The Morgan fingerprint density at radius 1 is 0.806 bits per heavy atom. The zero-order valence-corrected chi connectivity index (χ0v) is 19.5. The number of aryl methyl sites for hydroxylation is 4. The standard InChI is InChI=1S/C21H19F6N2.BrH.Ni/c1-12-7-5-8-13(2)18(12)28-16(20(22,23)24)11-17(21(25,26)27)29-19-14(3)9-6-10-15(19)4;;/h5-11H,1-4H3;1H;/q-1;;+1/p-1/b16-11-,29-17?;;. The molecule has 0 heterocycles. The van der Waals surface area contributed by atoms with Gasteiger partial charge in [-0.1, -0.05) is 53.2 Å². The van der Waals surface area contributed by atoms with Crippen molar-refractivity contribution in [2.45, 2.75) is 40.0 Å². The quantitative estimate of drug-likeness (QED) is 0.207. The van der Waals surface area contributed by atoms with Crippen LogP contribution >= 0.6 is 14.2 Å². The minimum absolute atomic E-state index is 0.0235. The van der Waals surface area contributed by atoms with E-state index >= 15 is 0 Å². The van der Waals surface area contributed by atoms with Crippen LogP contribution in [0.1, 0.15) is 22.3 Å². The van der Waals surface area contributed by atoms with Gasteiger partial charge in [0.1, 0.15) is 5.71 Å². The molecule has 0 unspecified atom stereocenters. The van der Waals surface area contributed by atoms with Crippen LogP contribution in [0.5, 0.6) is 0 Å². The summed E-state index contributed by atoms with van der Waals surface area (Å²) in [7, 11) is 0. The van der Waals surface area contributed by atoms with E-state index in [4.69, 9.17) is 0 Å². The van der Waals surface area contributed by atoms with E-state index in [0.717, 1.165) is 0 Å². The summed E-state index contributed by atoms with van der Waals surface area (Å²) in [6.45, 7) is 6.15. The van der Waals surface area contributed by atoms with Crippen molar-refractivity contribution >= 4 is 31.3 Å². The Hall–Kier alpha value is -1.80. The molecule has 173 valence electrons. The number of hydrogen-bond acceptors (Lipinski definition) is 1. The molecule has 10 heteroatoms. The zero-order chi connectivity index (χ0) is 24.0. The van der Waals surface area contributed by atoms with Crippen molar-refractivity contribution in [2.24, 2.45) is 4.99 Å². The minimum atomic E-state index is -5.10. The predicted octanol–water partition coefficient (Wildman–Crippen LogP) is 8.55. The molecular formula is C21H19BrF6N2Ni-. The summed E-state index contributed by atoms with van der Waals surface area (Å²) >= 11 is 6.25. The third-order valence-electron chi connectivity index (χ3n) is 4.20. The van der Waals surface area contributed by atoms with Gasteiger partial charge in [0.25, 0.3) is 0 Å². The second-order valence-electron chi connectivity index (χ2n) is 6.61. The maximum atomic E-state index is 13.5. The molecule has 0 aliphatic rings. The summed E-state index contributed by atoms with van der Waals surface area (Å²) in [4.78, 5) is 3.52. The number of allylic oxidation sites excluding steroid dienone is 2. The number of hydrogen-bond donors (Lipinski definition) is 0. The van der Waals surface area contributed by atoms with Crippen LogP contribution in [0.25, 0.3) is 5.32 Å². The number of benzene rings is 2. The predicted molar refractivity (Wildman–Crippen MR) is 111 cm³/mol. The van der Waals surface area contributed by atoms with Gasteiger partial charge in [0.2, 0.25) is 0 Å². The van der Waals surface area contributed by atoms with Gasteiger partial charge in [-0.3, -0.25) is 0 Å². The molecular weight excluding hydrogens is 533 g/mol. The average Bonchev–Trinajstić information content (AvgIpc) is 2.65. The summed E-state index contributed by atoms with van der Waals surface area (Å²) in [6, 6.07) is 9.41. The zero-order valence-electron chi connectivity index (χ0n) is 16.9. The van der Waals surface area contributed by atoms with E-state index in [1.165, 1.54) is 52.0 Å². The molecule has 2 rings (SSSR count). The number of halogens is 7. The van der Waals surface area contributed by atoms with E-state index in [1.54, 1.807) is 12.1 Å². The number of rotatable bonds is 4. The van der Waals surface area contributed by atoms with Crippen molar-refractivity contribution in [3.05, 3.63) is 75.7 Å². The Balaban J connectivity index is 0.00000233. The van der Waals surface area contributed by atoms with Gasteiger partial charge >= 0.3 is 40.3 Å². The van der Waals surface area contributed by atoms with Gasteiger partial charge in [-0.25, -0.2) is 4.99 Å². The Bertz CT molecular complexity index is 925. The molecule has 0 fully saturated rings. The van der Waals surface area contributed by atoms with E-state index in [1.807, 2.05) is 0 Å². The summed E-state index contributed by atoms with van der Waals surface area (Å²) in [5.41, 5.74) is -1.72. The third kappa shape index (κ3) is 7.68. The number of aliphatic imine (C=N–C) groups is 1. The molecule has 2 aromatic carbocycles. The molecule has 0 aliphatic carbocycles. The molecule has 0 saturated heterocycles. The molecule has 0 aromatic heterocycles. The molecule has 0 spiro atoms. The van der Waals surface area contributed by atoms with Crippen molar-refractivity contribution in [3.8, 4) is 0 Å². The third-order valence-corrected chi connectivity index (χ3v) is 4.20. The van der Waals surface area contributed by atoms with Crippen molar-refractivity contribution in [1.29, 1.82) is 0 Å². The fourth-order valence-corrected chi connectivity index (χ4v) is 2.69. The van der Waals surface area contributed by atoms with Gasteiger partial charge in [0.05, 0.1) is 5.69 Å². The van der Waals surface area contributed by atoms with Crippen molar-refractivity contribution in [1.82, 2.24) is 0 Å². The fourth-order valence-electron chi connectivity index (χ4n) is 2.69. The van der Waals surface area contributed by atoms with Crippen molar-refractivity contribution < 1.29 is 40.0 Å². The Labute approximate surface area is 192 Å². The Morgan fingerprint density at radius 3 is 1.61 bits per heavy atom. The number of alkyl halides is 6. The van der Waals surface area contributed by atoms with Crippen LogP contribution in [-0.4, -0.2) is 18.1 Å². The molecule has 31 heavy (non-hydrogen) atoms. The van der Waals surface area contributed by atoms with Crippen LogP contribution in [0.3, 0.4) is 0 Å². The molecule has 2 aromatic rings. The Kier molecular flexibility index (Phi) is 9.82. The van der Waals surface area contributed by atoms with E-state index in [2.05, 4.69) is 38.2 Å². The van der Waals surface area contributed by atoms with Crippen molar-refractivity contribution in [3.63, 3.8) is 0 Å². The molecule has 0 aliphatic heterocycles. The number of nitrogens with zero attached hydrogens (tertiary/aromatic N) is 2. The van der Waals surface area contributed by atoms with Crippen LogP contribution in [0, 0.1) is 27.7 Å². The molecule has 0 N–H and O–H groups in total. The van der Waals surface area contributed by atoms with Gasteiger partial charge in [-0.15, -0.1) is 5.69 Å². The van der Waals surface area contributed by atoms with Gasteiger partial charge in [0, 0.05) is 0 Å². The normalized spacial score (nSPS) is 12.9. The summed E-state index contributed by atoms with van der Waals surface area (Å²) in [6.07, 6.45) is -10.2. The topological polar surface area (TPSA) is 26.5 Å². The first-order valence-corrected chi connectivity index (χ1v) is 11.2. The number of para-hydroxylation sites is 2. The molecule has 0 radical (unpaired) electrons. The first-order valence-electron chi connectivity index (χ1n) is 8.71. The van der Waals surface area contributed by atoms with Gasteiger partial charge < -0.3 is 5.32 Å². The van der Waals surface area contributed by atoms with Gasteiger partial charge in [0.15, 0.2) is 0 Å². The van der Waals surface area contributed by atoms with E-state index in [9.17, 15) is 26.3 Å². The summed E-state index contributed by atoms with van der Waals surface area (Å²) in [5.74, 6) is 0. The SMILES string of the molecule is Cc1cccc(C)c1N=C(/C=C(\[N-]c1c(C)cccc1C)C(F)(F)F)C(F)(F)F.[Ni][Br]. The van der Waals surface area contributed by atoms with Crippen LogP contribution in [0.4, 0.5) is 37.7 Å². The molecule has 0 saturated carbocycles. The van der Waals surface area contributed by atoms with E-state index < -0.39 is 23.8 Å². The first-order chi connectivity index (χ1) is 14.3. The van der Waals surface area contributed by atoms with Crippen LogP contribution in [-0.2, 0) is 13.7 Å². The van der Waals surface area contributed by atoms with Gasteiger partial charge in [-0.2, -0.15) is 26.3 Å². The van der Waals surface area contributed by atoms with Crippen LogP contribution in [0.15, 0.2) is 53.2 Å². The van der Waals surface area contributed by atoms with E-state index in [-0.39, 0.29) is 17.5 Å². The average molecular weight is 552 g/mol. The van der Waals surface area contributed by atoms with Gasteiger partial charge in [-0.05, 0) is 44.9 Å². The summed E-state index contributed by atoms with van der Waals surface area (Å²) in [5, 5.41) is 3.52. The first kappa shape index (κ1) is 27.2.